The van der Waals surface area contributed by atoms with Gasteiger partial charge in [-0.25, -0.2) is 0 Å². The standard InChI is InChI=1S/C50H34N2O/c1-51-41-23-11-8-19-37(41)48-40(31-45-49(39-21-10-13-26-44(39)53-45)46(48)33-15-4-2-5-16-33)50(51)34-29-27-32(28-30-34)36-22-14-25-43-47(36)38-20-9-12-24-42(38)52(43)35-17-6-3-7-18-35/h2-31,50H,1H3. The Kier molecular flexibility index (Phi) is 6.53. The molecule has 0 spiro atoms. The number of hydrogen-bond acceptors (Lipinski definition) is 2. The molecule has 0 saturated heterocycles. The fourth-order valence-corrected chi connectivity index (χ4v) is 9.01. The van der Waals surface area contributed by atoms with Gasteiger partial charge in [-0.2, -0.15) is 0 Å². The molecule has 0 N–H and O–H groups in total. The van der Waals surface area contributed by atoms with Crippen LogP contribution in [0.25, 0.3) is 82.8 Å². The highest BCUT2D eigenvalue weighted by atomic mass is 16.3. The van der Waals surface area contributed by atoms with Crippen molar-refractivity contribution in [2.24, 2.45) is 0 Å². The Bertz CT molecular complexity index is 3010. The van der Waals surface area contributed by atoms with Gasteiger partial charge in [0.05, 0.1) is 17.1 Å². The third-order valence-corrected chi connectivity index (χ3v) is 11.2. The summed E-state index contributed by atoms with van der Waals surface area (Å²) in [4.78, 5) is 2.43. The molecule has 11 rings (SSSR count). The van der Waals surface area contributed by atoms with E-state index in [2.05, 4.69) is 199 Å². The summed E-state index contributed by atoms with van der Waals surface area (Å²) < 4.78 is 9.04. The summed E-state index contributed by atoms with van der Waals surface area (Å²) >= 11 is 0. The lowest BCUT2D eigenvalue weighted by atomic mass is 9.79. The zero-order chi connectivity index (χ0) is 35.0. The molecule has 1 aliphatic rings. The average Bonchev–Trinajstić information content (AvgIpc) is 3.77. The molecule has 1 aliphatic heterocycles. The minimum atomic E-state index is -0.0233. The fourth-order valence-electron chi connectivity index (χ4n) is 9.01. The van der Waals surface area contributed by atoms with Gasteiger partial charge in [0.1, 0.15) is 11.2 Å². The van der Waals surface area contributed by atoms with Gasteiger partial charge in [-0.05, 0) is 75.8 Å². The smallest absolute Gasteiger partial charge is 0.136 e. The second-order valence-electron chi connectivity index (χ2n) is 14.1. The average molecular weight is 679 g/mol. The maximum absolute atomic E-state index is 6.65. The van der Waals surface area contributed by atoms with Crippen molar-refractivity contribution in [2.45, 2.75) is 6.04 Å². The lowest BCUT2D eigenvalue weighted by Gasteiger charge is -2.39. The van der Waals surface area contributed by atoms with Crippen LogP contribution in [0, 0.1) is 0 Å². The summed E-state index contributed by atoms with van der Waals surface area (Å²) in [7, 11) is 2.23. The van der Waals surface area contributed by atoms with E-state index in [1.54, 1.807) is 0 Å². The second kappa shape index (κ2) is 11.6. The molecule has 3 heteroatoms. The Balaban J connectivity index is 1.12. The van der Waals surface area contributed by atoms with E-state index in [-0.39, 0.29) is 6.04 Å². The molecule has 0 saturated carbocycles. The predicted molar refractivity (Wildman–Crippen MR) is 221 cm³/mol. The fraction of sp³-hybridized carbons (Fsp3) is 0.0400. The zero-order valence-corrected chi connectivity index (χ0v) is 29.2. The number of benzene rings is 8. The molecule has 1 unspecified atom stereocenters. The van der Waals surface area contributed by atoms with Gasteiger partial charge in [-0.3, -0.25) is 0 Å². The molecular formula is C50H34N2O. The van der Waals surface area contributed by atoms with E-state index in [4.69, 9.17) is 4.42 Å². The molecule has 0 radical (unpaired) electrons. The molecule has 8 aromatic carbocycles. The molecule has 0 aliphatic carbocycles. The van der Waals surface area contributed by atoms with E-state index in [0.29, 0.717) is 0 Å². The highest BCUT2D eigenvalue weighted by Crippen LogP contribution is 2.54. The van der Waals surface area contributed by atoms with Gasteiger partial charge < -0.3 is 13.9 Å². The van der Waals surface area contributed by atoms with Gasteiger partial charge in [-0.1, -0.05) is 140 Å². The van der Waals surface area contributed by atoms with Crippen molar-refractivity contribution in [2.75, 3.05) is 11.9 Å². The van der Waals surface area contributed by atoms with Crippen LogP contribution in [0.4, 0.5) is 5.69 Å². The van der Waals surface area contributed by atoms with Gasteiger partial charge in [0.15, 0.2) is 0 Å². The zero-order valence-electron chi connectivity index (χ0n) is 29.2. The van der Waals surface area contributed by atoms with E-state index in [1.807, 2.05) is 0 Å². The molecule has 0 amide bonds. The molecular weight excluding hydrogens is 645 g/mol. The lowest BCUT2D eigenvalue weighted by Crippen LogP contribution is -2.29. The van der Waals surface area contributed by atoms with E-state index < -0.39 is 0 Å². The lowest BCUT2D eigenvalue weighted by molar-refractivity contribution is 0.666. The largest absolute Gasteiger partial charge is 0.456 e. The number of anilines is 1. The molecule has 10 aromatic rings. The number of nitrogens with zero attached hydrogens (tertiary/aromatic N) is 2. The molecule has 53 heavy (non-hydrogen) atoms. The Morgan fingerprint density at radius 2 is 1.13 bits per heavy atom. The Hall–Kier alpha value is -6.84. The monoisotopic (exact) mass is 678 g/mol. The van der Waals surface area contributed by atoms with Crippen LogP contribution in [-0.2, 0) is 0 Å². The molecule has 3 heterocycles. The van der Waals surface area contributed by atoms with Crippen LogP contribution in [0.5, 0.6) is 0 Å². The topological polar surface area (TPSA) is 21.3 Å². The summed E-state index contributed by atoms with van der Waals surface area (Å²) in [6, 6.07) is 65.8. The SMILES string of the molecule is CN1c2ccccc2-c2c(cc3oc4ccccc4c3c2-c2ccccc2)C1c1ccc(-c2cccc3c2c2ccccc2n3-c2ccccc2)cc1. The van der Waals surface area contributed by atoms with Crippen LogP contribution in [0.2, 0.25) is 0 Å². The van der Waals surface area contributed by atoms with Crippen molar-refractivity contribution in [3.8, 4) is 39.1 Å². The van der Waals surface area contributed by atoms with Crippen LogP contribution >= 0.6 is 0 Å². The van der Waals surface area contributed by atoms with E-state index in [9.17, 15) is 0 Å². The molecule has 2 aromatic heterocycles. The van der Waals surface area contributed by atoms with Crippen molar-refractivity contribution in [1.29, 1.82) is 0 Å². The highest BCUT2D eigenvalue weighted by Gasteiger charge is 2.34. The summed E-state index contributed by atoms with van der Waals surface area (Å²) in [6.07, 6.45) is 0. The van der Waals surface area contributed by atoms with Crippen LogP contribution in [0.3, 0.4) is 0 Å². The number of furan rings is 1. The van der Waals surface area contributed by atoms with Gasteiger partial charge in [-0.15, -0.1) is 0 Å². The van der Waals surface area contributed by atoms with Crippen molar-refractivity contribution in [3.05, 3.63) is 193 Å². The predicted octanol–water partition coefficient (Wildman–Crippen LogP) is 13.2. The van der Waals surface area contributed by atoms with Gasteiger partial charge in [0.25, 0.3) is 0 Å². The highest BCUT2D eigenvalue weighted by molar-refractivity contribution is 6.18. The van der Waals surface area contributed by atoms with E-state index >= 15 is 0 Å². The first-order valence-corrected chi connectivity index (χ1v) is 18.3. The van der Waals surface area contributed by atoms with Crippen LogP contribution in [-0.4, -0.2) is 11.6 Å². The summed E-state index contributed by atoms with van der Waals surface area (Å²) in [5.41, 5.74) is 16.5. The van der Waals surface area contributed by atoms with Gasteiger partial charge in [0.2, 0.25) is 0 Å². The maximum Gasteiger partial charge on any atom is 0.136 e. The first kappa shape index (κ1) is 29.8. The van der Waals surface area contributed by atoms with Crippen LogP contribution in [0.15, 0.2) is 186 Å². The number of rotatable bonds is 4. The minimum Gasteiger partial charge on any atom is -0.456 e. The molecule has 0 bridgehead atoms. The summed E-state index contributed by atoms with van der Waals surface area (Å²) in [6.45, 7) is 0. The Morgan fingerprint density at radius 1 is 0.472 bits per heavy atom. The van der Waals surface area contributed by atoms with E-state index in [1.165, 1.54) is 83.1 Å². The van der Waals surface area contributed by atoms with Crippen LogP contribution in [0.1, 0.15) is 17.2 Å². The minimum absolute atomic E-state index is 0.0233. The third kappa shape index (κ3) is 4.41. The normalized spacial score (nSPS) is 13.9. The number of para-hydroxylation sites is 4. The molecule has 250 valence electrons. The summed E-state index contributed by atoms with van der Waals surface area (Å²) in [5, 5.41) is 4.84. The van der Waals surface area contributed by atoms with E-state index in [0.717, 1.165) is 16.6 Å². The van der Waals surface area contributed by atoms with Crippen LogP contribution < -0.4 is 4.90 Å². The number of aromatic nitrogens is 1. The van der Waals surface area contributed by atoms with Gasteiger partial charge >= 0.3 is 0 Å². The number of hydrogen-bond donors (Lipinski definition) is 0. The third-order valence-electron chi connectivity index (χ3n) is 11.2. The van der Waals surface area contributed by atoms with Crippen molar-refractivity contribution < 1.29 is 4.42 Å². The van der Waals surface area contributed by atoms with Gasteiger partial charge in [0, 0.05) is 51.1 Å². The quantitative estimate of drug-likeness (QED) is 0.185. The Morgan fingerprint density at radius 3 is 1.96 bits per heavy atom. The Labute approximate surface area is 307 Å². The number of fused-ring (bicyclic) bond motifs is 9. The molecule has 1 atom stereocenters. The van der Waals surface area contributed by atoms with Crippen molar-refractivity contribution >= 4 is 49.4 Å². The van der Waals surface area contributed by atoms with Crippen molar-refractivity contribution in [3.63, 3.8) is 0 Å². The maximum atomic E-state index is 6.65. The first-order chi connectivity index (χ1) is 26.2. The first-order valence-electron chi connectivity index (χ1n) is 18.3. The summed E-state index contributed by atoms with van der Waals surface area (Å²) in [5.74, 6) is 0. The molecule has 3 nitrogen and oxygen atoms in total. The van der Waals surface area contributed by atoms with Crippen molar-refractivity contribution in [1.82, 2.24) is 4.57 Å². The molecule has 0 fully saturated rings. The second-order valence-corrected chi connectivity index (χ2v) is 14.1.